The molecule has 1 unspecified atom stereocenters. The first-order valence-electron chi connectivity index (χ1n) is 9.52. The lowest BCUT2D eigenvalue weighted by atomic mass is 9.96. The van der Waals surface area contributed by atoms with E-state index in [4.69, 9.17) is 0 Å². The number of sulfonamides is 1. The third-order valence-corrected chi connectivity index (χ3v) is 7.36. The highest BCUT2D eigenvalue weighted by Crippen LogP contribution is 2.24. The van der Waals surface area contributed by atoms with Gasteiger partial charge in [0.05, 0.1) is 4.90 Å². The zero-order valence-corrected chi connectivity index (χ0v) is 16.2. The fourth-order valence-corrected chi connectivity index (χ4v) is 5.17. The highest BCUT2D eigenvalue weighted by molar-refractivity contribution is 7.89. The van der Waals surface area contributed by atoms with Crippen LogP contribution in [0.15, 0.2) is 29.2 Å². The van der Waals surface area contributed by atoms with Gasteiger partial charge in [0.25, 0.3) is 0 Å². The van der Waals surface area contributed by atoms with Gasteiger partial charge in [-0.05, 0) is 63.7 Å². The van der Waals surface area contributed by atoms with Crippen molar-refractivity contribution < 1.29 is 13.2 Å². The maximum atomic E-state index is 12.7. The van der Waals surface area contributed by atoms with Crippen molar-refractivity contribution in [3.8, 4) is 0 Å². The summed E-state index contributed by atoms with van der Waals surface area (Å²) in [6.45, 7) is 5.49. The summed E-state index contributed by atoms with van der Waals surface area (Å²) in [5.74, 6) is 0.494. The quantitative estimate of drug-likeness (QED) is 0.813. The van der Waals surface area contributed by atoms with Gasteiger partial charge >= 0.3 is 0 Å². The van der Waals surface area contributed by atoms with E-state index in [0.717, 1.165) is 31.5 Å². The van der Waals surface area contributed by atoms with Gasteiger partial charge in [-0.3, -0.25) is 4.79 Å². The summed E-state index contributed by atoms with van der Waals surface area (Å²) in [5.41, 5.74) is 1.03. The molecule has 1 aromatic carbocycles. The first-order chi connectivity index (χ1) is 12.5. The van der Waals surface area contributed by atoms with Gasteiger partial charge in [0.2, 0.25) is 15.9 Å². The Morgan fingerprint density at radius 1 is 1.19 bits per heavy atom. The van der Waals surface area contributed by atoms with Gasteiger partial charge in [-0.2, -0.15) is 4.31 Å². The molecule has 2 N–H and O–H groups in total. The number of hydrogen-bond donors (Lipinski definition) is 2. The Bertz CT molecular complexity index is 704. The van der Waals surface area contributed by atoms with E-state index in [-0.39, 0.29) is 11.8 Å². The molecular weight excluding hydrogens is 350 g/mol. The van der Waals surface area contributed by atoms with Crippen molar-refractivity contribution >= 4 is 15.9 Å². The van der Waals surface area contributed by atoms with E-state index in [1.54, 1.807) is 12.1 Å². The summed E-state index contributed by atoms with van der Waals surface area (Å²) >= 11 is 0. The van der Waals surface area contributed by atoms with Crippen LogP contribution in [0, 0.1) is 18.8 Å². The predicted octanol–water partition coefficient (Wildman–Crippen LogP) is 1.51. The number of rotatable bonds is 5. The van der Waals surface area contributed by atoms with Crippen LogP contribution in [-0.2, 0) is 14.8 Å². The highest BCUT2D eigenvalue weighted by Gasteiger charge is 2.32. The fraction of sp³-hybridized carbons (Fsp3) is 0.632. The van der Waals surface area contributed by atoms with E-state index in [0.29, 0.717) is 43.3 Å². The van der Waals surface area contributed by atoms with Crippen molar-refractivity contribution in [2.75, 3.05) is 32.7 Å². The zero-order chi connectivity index (χ0) is 18.6. The molecule has 0 spiro atoms. The molecule has 7 heteroatoms. The second kappa shape index (κ2) is 8.50. The molecule has 6 nitrogen and oxygen atoms in total. The van der Waals surface area contributed by atoms with E-state index in [9.17, 15) is 13.2 Å². The lowest BCUT2D eigenvalue weighted by Gasteiger charge is -2.31. The molecule has 0 bridgehead atoms. The largest absolute Gasteiger partial charge is 0.356 e. The van der Waals surface area contributed by atoms with E-state index < -0.39 is 10.0 Å². The molecule has 2 fully saturated rings. The van der Waals surface area contributed by atoms with E-state index in [1.165, 1.54) is 4.31 Å². The number of hydrogen-bond acceptors (Lipinski definition) is 4. The molecule has 0 aliphatic carbocycles. The number of piperidine rings is 2. The van der Waals surface area contributed by atoms with Crippen LogP contribution >= 0.6 is 0 Å². The average molecular weight is 380 g/mol. The molecule has 2 aliphatic rings. The molecule has 0 radical (unpaired) electrons. The number of carbonyl (C=O) groups excluding carboxylic acids is 1. The Kier molecular flexibility index (Phi) is 6.32. The van der Waals surface area contributed by atoms with Crippen molar-refractivity contribution in [3.63, 3.8) is 0 Å². The molecule has 3 rings (SSSR count). The second-order valence-corrected chi connectivity index (χ2v) is 9.39. The molecule has 1 aromatic rings. The summed E-state index contributed by atoms with van der Waals surface area (Å²) in [7, 11) is -3.46. The number of carbonyl (C=O) groups is 1. The van der Waals surface area contributed by atoms with Gasteiger partial charge in [0.15, 0.2) is 0 Å². The smallest absolute Gasteiger partial charge is 0.243 e. The Morgan fingerprint density at radius 2 is 1.88 bits per heavy atom. The number of benzene rings is 1. The van der Waals surface area contributed by atoms with E-state index in [1.807, 2.05) is 19.1 Å². The van der Waals surface area contributed by atoms with Gasteiger partial charge in [0.1, 0.15) is 0 Å². The third-order valence-electron chi connectivity index (χ3n) is 5.45. The second-order valence-electron chi connectivity index (χ2n) is 7.45. The molecule has 144 valence electrons. The Labute approximate surface area is 156 Å². The van der Waals surface area contributed by atoms with Crippen LogP contribution < -0.4 is 10.6 Å². The number of aryl methyl sites for hydroxylation is 1. The Hall–Kier alpha value is -1.44. The van der Waals surface area contributed by atoms with Gasteiger partial charge < -0.3 is 10.6 Å². The van der Waals surface area contributed by atoms with Crippen LogP contribution in [-0.4, -0.2) is 51.4 Å². The summed E-state index contributed by atoms with van der Waals surface area (Å²) in [4.78, 5) is 12.7. The molecule has 2 aliphatic heterocycles. The van der Waals surface area contributed by atoms with Crippen LogP contribution in [0.5, 0.6) is 0 Å². The van der Waals surface area contributed by atoms with Crippen molar-refractivity contribution in [2.24, 2.45) is 11.8 Å². The zero-order valence-electron chi connectivity index (χ0n) is 15.4. The summed E-state index contributed by atoms with van der Waals surface area (Å²) in [5, 5.41) is 6.42. The topological polar surface area (TPSA) is 78.5 Å². The monoisotopic (exact) mass is 379 g/mol. The van der Waals surface area contributed by atoms with Gasteiger partial charge in [-0.25, -0.2) is 8.42 Å². The molecule has 0 saturated carbocycles. The summed E-state index contributed by atoms with van der Waals surface area (Å²) < 4.78 is 27.0. The normalized spacial score (nSPS) is 22.9. The Morgan fingerprint density at radius 3 is 2.50 bits per heavy atom. The van der Waals surface area contributed by atoms with Crippen molar-refractivity contribution in [2.45, 2.75) is 37.5 Å². The molecule has 2 heterocycles. The van der Waals surface area contributed by atoms with Gasteiger partial charge in [0, 0.05) is 25.6 Å². The minimum absolute atomic E-state index is 0.0722. The maximum Gasteiger partial charge on any atom is 0.243 e. The third kappa shape index (κ3) is 4.64. The van der Waals surface area contributed by atoms with E-state index >= 15 is 0 Å². The van der Waals surface area contributed by atoms with Crippen molar-refractivity contribution in [1.29, 1.82) is 0 Å². The molecule has 2 saturated heterocycles. The fourth-order valence-electron chi connectivity index (χ4n) is 3.71. The molecule has 0 aromatic heterocycles. The van der Waals surface area contributed by atoms with Crippen molar-refractivity contribution in [1.82, 2.24) is 14.9 Å². The number of nitrogens with zero attached hydrogens (tertiary/aromatic N) is 1. The van der Waals surface area contributed by atoms with Crippen LogP contribution in [0.25, 0.3) is 0 Å². The maximum absolute atomic E-state index is 12.7. The van der Waals surface area contributed by atoms with E-state index in [2.05, 4.69) is 10.6 Å². The van der Waals surface area contributed by atoms with Crippen LogP contribution in [0.4, 0.5) is 0 Å². The van der Waals surface area contributed by atoms with Crippen LogP contribution in [0.3, 0.4) is 0 Å². The first-order valence-corrected chi connectivity index (χ1v) is 11.0. The first kappa shape index (κ1) is 19.3. The number of nitrogens with one attached hydrogen (secondary N) is 2. The predicted molar refractivity (Wildman–Crippen MR) is 101 cm³/mol. The minimum Gasteiger partial charge on any atom is -0.356 e. The molecule has 26 heavy (non-hydrogen) atoms. The van der Waals surface area contributed by atoms with Crippen LogP contribution in [0.1, 0.15) is 31.2 Å². The lowest BCUT2D eigenvalue weighted by Crippen LogP contribution is -2.45. The van der Waals surface area contributed by atoms with Gasteiger partial charge in [-0.1, -0.05) is 17.7 Å². The molecular formula is C19H29N3O3S. The number of amides is 1. The van der Waals surface area contributed by atoms with Crippen molar-refractivity contribution in [3.05, 3.63) is 29.8 Å². The minimum atomic E-state index is -3.46. The van der Waals surface area contributed by atoms with Crippen LogP contribution in [0.2, 0.25) is 0 Å². The average Bonchev–Trinajstić information content (AvgIpc) is 2.67. The summed E-state index contributed by atoms with van der Waals surface area (Å²) in [6.07, 6.45) is 3.48. The molecule has 1 atom stereocenters. The SMILES string of the molecule is Cc1ccc(S(=O)(=O)N2CCC(C(=O)NCC3CCCNC3)CC2)cc1. The molecule has 1 amide bonds. The Balaban J connectivity index is 1.50. The summed E-state index contributed by atoms with van der Waals surface area (Å²) in [6, 6.07) is 6.93. The standard InChI is InChI=1S/C19H29N3O3S/c1-15-4-6-18(7-5-15)26(24,25)22-11-8-17(9-12-22)19(23)21-14-16-3-2-10-20-13-16/h4-7,16-17,20H,2-3,8-14H2,1H3,(H,21,23). The highest BCUT2D eigenvalue weighted by atomic mass is 32.2. The van der Waals surface area contributed by atoms with Gasteiger partial charge in [-0.15, -0.1) is 0 Å². The lowest BCUT2D eigenvalue weighted by molar-refractivity contribution is -0.126.